The lowest BCUT2D eigenvalue weighted by Gasteiger charge is -2.15. The van der Waals surface area contributed by atoms with Gasteiger partial charge in [-0.15, -0.1) is 0 Å². The van der Waals surface area contributed by atoms with Crippen LogP contribution < -0.4 is 5.32 Å². The van der Waals surface area contributed by atoms with Gasteiger partial charge < -0.3 is 9.88 Å². The Morgan fingerprint density at radius 2 is 1.54 bits per heavy atom. The summed E-state index contributed by atoms with van der Waals surface area (Å²) in [6.07, 6.45) is 2.15. The molecule has 3 aromatic carbocycles. The predicted molar refractivity (Wildman–Crippen MR) is 162 cm³/mol. The van der Waals surface area contributed by atoms with E-state index in [0.717, 1.165) is 23.1 Å². The van der Waals surface area contributed by atoms with Crippen molar-refractivity contribution in [3.05, 3.63) is 125 Å². The number of benzene rings is 3. The molecule has 0 aliphatic carbocycles. The normalized spacial score (nSPS) is 11.5. The van der Waals surface area contributed by atoms with E-state index in [4.69, 9.17) is 9.59 Å². The second kappa shape index (κ2) is 13.0. The number of carbonyl (C=O) groups excluding carboxylic acids is 3. The van der Waals surface area contributed by atoms with E-state index in [0.29, 0.717) is 11.5 Å². The number of rotatable bonds is 7. The SMILES string of the molecule is Cc1c(C)n(Cc2ccc(-c3ccccc3)cc2)c2ccc(C(=O)N[C@@H](C)c3ccc(C(C)C)cn3)cc12.O=C=O. The summed E-state index contributed by atoms with van der Waals surface area (Å²) in [5, 5.41) is 4.23. The summed E-state index contributed by atoms with van der Waals surface area (Å²) in [6, 6.07) is 29.2. The topological polar surface area (TPSA) is 81.1 Å². The van der Waals surface area contributed by atoms with E-state index >= 15 is 0 Å². The molecule has 6 nitrogen and oxygen atoms in total. The molecule has 1 N–H and O–H groups in total. The average molecular weight is 546 g/mol. The van der Waals surface area contributed by atoms with Gasteiger partial charge in [-0.3, -0.25) is 9.78 Å². The zero-order chi connectivity index (χ0) is 29.5. The van der Waals surface area contributed by atoms with Gasteiger partial charge in [0.1, 0.15) is 0 Å². The molecular formula is C35H35N3O3. The first kappa shape index (κ1) is 29.2. The van der Waals surface area contributed by atoms with Crippen molar-refractivity contribution >= 4 is 23.0 Å². The lowest BCUT2D eigenvalue weighted by Crippen LogP contribution is -2.27. The lowest BCUT2D eigenvalue weighted by atomic mass is 10.0. The minimum atomic E-state index is -0.175. The predicted octanol–water partition coefficient (Wildman–Crippen LogP) is 7.40. The molecule has 0 unspecified atom stereocenters. The number of pyridine rings is 1. The molecule has 0 aliphatic rings. The molecule has 0 saturated carbocycles. The number of hydrogen-bond acceptors (Lipinski definition) is 4. The molecule has 0 fully saturated rings. The molecular weight excluding hydrogens is 510 g/mol. The Bertz CT molecular complexity index is 1660. The molecule has 5 aromatic rings. The first-order valence-electron chi connectivity index (χ1n) is 13.7. The van der Waals surface area contributed by atoms with E-state index in [1.807, 2.05) is 37.4 Å². The number of amides is 1. The van der Waals surface area contributed by atoms with E-state index in [1.165, 1.54) is 33.5 Å². The van der Waals surface area contributed by atoms with Gasteiger partial charge in [0, 0.05) is 34.9 Å². The third-order valence-corrected chi connectivity index (χ3v) is 7.57. The Morgan fingerprint density at radius 3 is 2.15 bits per heavy atom. The van der Waals surface area contributed by atoms with Crippen LogP contribution in [0.1, 0.15) is 71.2 Å². The number of carbonyl (C=O) groups is 1. The smallest absolute Gasteiger partial charge is 0.344 e. The highest BCUT2D eigenvalue weighted by atomic mass is 16.2. The van der Waals surface area contributed by atoms with E-state index in [2.05, 4.69) is 103 Å². The molecule has 2 heterocycles. The monoisotopic (exact) mass is 545 g/mol. The van der Waals surface area contributed by atoms with Crippen LogP contribution in [0.3, 0.4) is 0 Å². The maximum absolute atomic E-state index is 13.1. The number of fused-ring (bicyclic) bond motifs is 1. The van der Waals surface area contributed by atoms with Crippen LogP contribution in [0.4, 0.5) is 0 Å². The first-order valence-corrected chi connectivity index (χ1v) is 13.7. The van der Waals surface area contributed by atoms with Crippen LogP contribution in [0.5, 0.6) is 0 Å². The van der Waals surface area contributed by atoms with Crippen LogP contribution in [0.2, 0.25) is 0 Å². The molecule has 0 spiro atoms. The Balaban J connectivity index is 0.00000124. The van der Waals surface area contributed by atoms with Gasteiger partial charge in [0.25, 0.3) is 5.91 Å². The first-order chi connectivity index (χ1) is 19.7. The van der Waals surface area contributed by atoms with Gasteiger partial charge in [-0.2, -0.15) is 9.59 Å². The molecule has 1 amide bonds. The number of nitrogens with one attached hydrogen (secondary N) is 1. The van der Waals surface area contributed by atoms with Crippen LogP contribution >= 0.6 is 0 Å². The molecule has 0 saturated heterocycles. The Kier molecular flexibility index (Phi) is 9.28. The van der Waals surface area contributed by atoms with Crippen molar-refractivity contribution in [2.45, 2.75) is 53.1 Å². The van der Waals surface area contributed by atoms with Crippen LogP contribution in [-0.2, 0) is 16.1 Å². The molecule has 2 aromatic heterocycles. The lowest BCUT2D eigenvalue weighted by molar-refractivity contribution is -0.191. The number of nitrogens with zero attached hydrogens (tertiary/aromatic N) is 2. The summed E-state index contributed by atoms with van der Waals surface area (Å²) in [7, 11) is 0. The molecule has 0 bridgehead atoms. The number of hydrogen-bond donors (Lipinski definition) is 1. The second-order valence-electron chi connectivity index (χ2n) is 10.5. The van der Waals surface area contributed by atoms with Crippen LogP contribution in [0.15, 0.2) is 91.1 Å². The summed E-state index contributed by atoms with van der Waals surface area (Å²) in [6.45, 7) is 11.3. The Hall–Kier alpha value is -4.80. The van der Waals surface area contributed by atoms with E-state index in [-0.39, 0.29) is 18.1 Å². The van der Waals surface area contributed by atoms with Crippen molar-refractivity contribution in [2.24, 2.45) is 0 Å². The minimum Gasteiger partial charge on any atom is -0.344 e. The maximum atomic E-state index is 13.1. The second-order valence-corrected chi connectivity index (χ2v) is 10.5. The van der Waals surface area contributed by atoms with Crippen molar-refractivity contribution in [3.63, 3.8) is 0 Å². The van der Waals surface area contributed by atoms with Crippen molar-refractivity contribution < 1.29 is 14.4 Å². The van der Waals surface area contributed by atoms with E-state index < -0.39 is 0 Å². The largest absolute Gasteiger partial charge is 0.373 e. The van der Waals surface area contributed by atoms with Gasteiger partial charge in [-0.25, -0.2) is 0 Å². The highest BCUT2D eigenvalue weighted by Gasteiger charge is 2.17. The zero-order valence-corrected chi connectivity index (χ0v) is 24.1. The minimum absolute atomic E-state index is 0.0876. The highest BCUT2D eigenvalue weighted by Crippen LogP contribution is 2.28. The van der Waals surface area contributed by atoms with Crippen molar-refractivity contribution in [2.75, 3.05) is 0 Å². The molecule has 0 aliphatic heterocycles. The van der Waals surface area contributed by atoms with Gasteiger partial charge in [-0.1, -0.05) is 74.5 Å². The fourth-order valence-corrected chi connectivity index (χ4v) is 4.98. The van der Waals surface area contributed by atoms with Crippen LogP contribution in [0.25, 0.3) is 22.0 Å². The van der Waals surface area contributed by atoms with Crippen LogP contribution in [0, 0.1) is 13.8 Å². The standard InChI is InChI=1S/C34H35N3O.CO2/c1-22(2)30-15-17-32(35-20-30)24(4)36-34(38)29-16-18-33-31(19-29)23(3)25(5)37(33)21-26-11-13-28(14-12-26)27-9-7-6-8-10-27;2-1-3/h6-20,22,24H,21H2,1-5H3,(H,36,38);/t24-;/m0./s1. The van der Waals surface area contributed by atoms with Gasteiger partial charge in [-0.05, 0) is 78.8 Å². The van der Waals surface area contributed by atoms with Gasteiger partial charge >= 0.3 is 6.15 Å². The molecule has 208 valence electrons. The third-order valence-electron chi connectivity index (χ3n) is 7.57. The zero-order valence-electron chi connectivity index (χ0n) is 24.1. The molecule has 0 radical (unpaired) electrons. The van der Waals surface area contributed by atoms with Crippen LogP contribution in [-0.4, -0.2) is 21.6 Å². The van der Waals surface area contributed by atoms with Crippen molar-refractivity contribution in [3.8, 4) is 11.1 Å². The molecule has 6 heteroatoms. The fraction of sp³-hybridized carbons (Fsp3) is 0.229. The fourth-order valence-electron chi connectivity index (χ4n) is 4.98. The Labute approximate surface area is 241 Å². The summed E-state index contributed by atoms with van der Waals surface area (Å²) >= 11 is 0. The number of aromatic nitrogens is 2. The van der Waals surface area contributed by atoms with E-state index in [1.54, 1.807) is 0 Å². The quantitative estimate of drug-likeness (QED) is 0.231. The van der Waals surface area contributed by atoms with Gasteiger partial charge in [0.15, 0.2) is 0 Å². The highest BCUT2D eigenvalue weighted by molar-refractivity contribution is 5.99. The maximum Gasteiger partial charge on any atom is 0.373 e. The van der Waals surface area contributed by atoms with Crippen molar-refractivity contribution in [1.82, 2.24) is 14.9 Å². The van der Waals surface area contributed by atoms with Gasteiger partial charge in [0.2, 0.25) is 0 Å². The summed E-state index contributed by atoms with van der Waals surface area (Å²) < 4.78 is 2.34. The van der Waals surface area contributed by atoms with Gasteiger partial charge in [0.05, 0.1) is 11.7 Å². The van der Waals surface area contributed by atoms with Crippen molar-refractivity contribution in [1.29, 1.82) is 0 Å². The average Bonchev–Trinajstić information content (AvgIpc) is 3.22. The molecule has 41 heavy (non-hydrogen) atoms. The third kappa shape index (κ3) is 6.68. The van der Waals surface area contributed by atoms with E-state index in [9.17, 15) is 4.79 Å². The summed E-state index contributed by atoms with van der Waals surface area (Å²) in [5.74, 6) is 0.344. The number of aryl methyl sites for hydroxylation is 1. The summed E-state index contributed by atoms with van der Waals surface area (Å²) in [5.41, 5.74) is 9.97. The molecule has 1 atom stereocenters. The Morgan fingerprint density at radius 1 is 0.878 bits per heavy atom. The summed E-state index contributed by atoms with van der Waals surface area (Å²) in [4.78, 5) is 34.0. The molecule has 5 rings (SSSR count).